The van der Waals surface area contributed by atoms with Crippen LogP contribution in [0.15, 0.2) is 60.9 Å². The van der Waals surface area contributed by atoms with Gasteiger partial charge in [0.15, 0.2) is 5.11 Å². The van der Waals surface area contributed by atoms with Crippen LogP contribution in [0, 0.1) is 0 Å². The molecule has 178 valence electrons. The molecule has 1 aliphatic rings. The van der Waals surface area contributed by atoms with Gasteiger partial charge in [0.2, 0.25) is 5.91 Å². The third-order valence-corrected chi connectivity index (χ3v) is 6.21. The number of nitrogens with one attached hydrogen (secondary N) is 2. The van der Waals surface area contributed by atoms with E-state index in [2.05, 4.69) is 26.3 Å². The van der Waals surface area contributed by atoms with E-state index < -0.39 is 0 Å². The molecule has 0 bridgehead atoms. The number of thiocarbonyl (C=S) groups is 1. The summed E-state index contributed by atoms with van der Waals surface area (Å²) in [6.07, 6.45) is 3.81. The first-order chi connectivity index (χ1) is 16.5. The van der Waals surface area contributed by atoms with E-state index in [1.165, 1.54) is 7.11 Å². The second kappa shape index (κ2) is 11.0. The van der Waals surface area contributed by atoms with Crippen molar-refractivity contribution < 1.29 is 14.3 Å². The lowest BCUT2D eigenvalue weighted by atomic mass is 10.0. The molecular weight excluding hydrogens is 474 g/mol. The van der Waals surface area contributed by atoms with E-state index in [4.69, 9.17) is 33.3 Å². The second-order valence-corrected chi connectivity index (χ2v) is 8.56. The molecule has 0 unspecified atom stereocenters. The van der Waals surface area contributed by atoms with Crippen LogP contribution in [0.4, 0.5) is 11.4 Å². The molecule has 3 heterocycles. The molecular formula is C24H26ClN5O3S. The summed E-state index contributed by atoms with van der Waals surface area (Å²) in [5, 5.41) is 7.16. The number of nitrogens with zero attached hydrogens (tertiary/aromatic N) is 3. The van der Waals surface area contributed by atoms with Gasteiger partial charge in [0.05, 0.1) is 29.1 Å². The number of anilines is 2. The quantitative estimate of drug-likeness (QED) is 0.431. The van der Waals surface area contributed by atoms with Crippen molar-refractivity contribution >= 4 is 46.2 Å². The van der Waals surface area contributed by atoms with Crippen LogP contribution in [-0.2, 0) is 20.8 Å². The van der Waals surface area contributed by atoms with Crippen LogP contribution in [0.1, 0.15) is 23.5 Å². The SMILES string of the molecule is COCCn1cccc1[C@H]1[C@@H](c2ccccn2)NC(=S)N1c1ccc(NC(=O)COC)c(Cl)c1. The number of benzene rings is 1. The van der Waals surface area contributed by atoms with E-state index in [0.29, 0.717) is 29.0 Å². The third-order valence-electron chi connectivity index (χ3n) is 5.58. The fraction of sp³-hybridized carbons (Fsp3) is 0.292. The second-order valence-electron chi connectivity index (χ2n) is 7.76. The molecule has 8 nitrogen and oxygen atoms in total. The lowest BCUT2D eigenvalue weighted by Gasteiger charge is -2.29. The third kappa shape index (κ3) is 5.07. The number of methoxy groups -OCH3 is 2. The molecule has 2 aromatic heterocycles. The van der Waals surface area contributed by atoms with Gasteiger partial charge in [0.25, 0.3) is 0 Å². The van der Waals surface area contributed by atoms with Crippen molar-refractivity contribution in [1.82, 2.24) is 14.9 Å². The Kier molecular flexibility index (Phi) is 7.79. The van der Waals surface area contributed by atoms with Gasteiger partial charge in [-0.3, -0.25) is 9.78 Å². The highest BCUT2D eigenvalue weighted by Crippen LogP contribution is 2.42. The lowest BCUT2D eigenvalue weighted by Crippen LogP contribution is -2.30. The fourth-order valence-corrected chi connectivity index (χ4v) is 4.66. The van der Waals surface area contributed by atoms with Gasteiger partial charge >= 0.3 is 0 Å². The van der Waals surface area contributed by atoms with E-state index in [0.717, 1.165) is 17.1 Å². The number of ether oxygens (including phenoxy) is 2. The van der Waals surface area contributed by atoms with Crippen LogP contribution in [-0.4, -0.2) is 48.0 Å². The summed E-state index contributed by atoms with van der Waals surface area (Å²) in [6, 6.07) is 15.0. The Morgan fingerprint density at radius 1 is 1.21 bits per heavy atom. The van der Waals surface area contributed by atoms with E-state index in [-0.39, 0.29) is 24.6 Å². The first-order valence-corrected chi connectivity index (χ1v) is 11.5. The Morgan fingerprint density at radius 2 is 2.06 bits per heavy atom. The highest BCUT2D eigenvalue weighted by atomic mass is 35.5. The van der Waals surface area contributed by atoms with E-state index in [1.807, 2.05) is 41.4 Å². The first-order valence-electron chi connectivity index (χ1n) is 10.8. The Morgan fingerprint density at radius 3 is 2.76 bits per heavy atom. The highest BCUT2D eigenvalue weighted by molar-refractivity contribution is 7.80. The van der Waals surface area contributed by atoms with Gasteiger partial charge in [-0.25, -0.2) is 0 Å². The van der Waals surface area contributed by atoms with Crippen LogP contribution in [0.5, 0.6) is 0 Å². The molecule has 10 heteroatoms. The minimum absolute atomic E-state index is 0.0511. The zero-order valence-electron chi connectivity index (χ0n) is 18.9. The van der Waals surface area contributed by atoms with Gasteiger partial charge in [-0.1, -0.05) is 17.7 Å². The predicted molar refractivity (Wildman–Crippen MR) is 136 cm³/mol. The maximum Gasteiger partial charge on any atom is 0.250 e. The van der Waals surface area contributed by atoms with E-state index >= 15 is 0 Å². The summed E-state index contributed by atoms with van der Waals surface area (Å²) in [5.41, 5.74) is 3.25. The average Bonchev–Trinajstić information content (AvgIpc) is 3.43. The van der Waals surface area contributed by atoms with Crippen LogP contribution in [0.25, 0.3) is 0 Å². The molecule has 4 rings (SSSR count). The van der Waals surface area contributed by atoms with Crippen LogP contribution >= 0.6 is 23.8 Å². The Balaban J connectivity index is 1.73. The molecule has 1 amide bonds. The fourth-order valence-electron chi connectivity index (χ4n) is 4.10. The Hall–Kier alpha value is -2.98. The van der Waals surface area contributed by atoms with Gasteiger partial charge < -0.3 is 29.6 Å². The smallest absolute Gasteiger partial charge is 0.250 e. The molecule has 0 spiro atoms. The molecule has 1 saturated heterocycles. The zero-order valence-corrected chi connectivity index (χ0v) is 20.5. The number of hydrogen-bond acceptors (Lipinski definition) is 5. The van der Waals surface area contributed by atoms with Crippen molar-refractivity contribution in [2.75, 3.05) is 37.7 Å². The summed E-state index contributed by atoms with van der Waals surface area (Å²) in [4.78, 5) is 18.6. The molecule has 2 atom stereocenters. The van der Waals surface area contributed by atoms with Crippen molar-refractivity contribution in [2.24, 2.45) is 0 Å². The standard InChI is InChI=1S/C24H26ClN5O3S/c1-32-13-12-29-11-5-7-20(29)23-22(19-6-3-4-10-26-19)28-24(34)30(23)16-8-9-18(17(25)14-16)27-21(31)15-33-2/h3-11,14,22-23H,12-13,15H2,1-2H3,(H,27,31)(H,28,34)/t22-,23+/m1/s1. The molecule has 1 aromatic carbocycles. The number of rotatable bonds is 9. The number of carbonyl (C=O) groups excluding carboxylic acids is 1. The Labute approximate surface area is 208 Å². The van der Waals surface area contributed by atoms with Gasteiger partial charge in [0.1, 0.15) is 12.6 Å². The van der Waals surface area contributed by atoms with Gasteiger partial charge in [-0.15, -0.1) is 0 Å². The molecule has 1 fully saturated rings. The van der Waals surface area contributed by atoms with Crippen molar-refractivity contribution in [2.45, 2.75) is 18.6 Å². The van der Waals surface area contributed by atoms with Gasteiger partial charge in [0, 0.05) is 44.5 Å². The molecule has 0 aliphatic carbocycles. The topological polar surface area (TPSA) is 80.7 Å². The van der Waals surface area contributed by atoms with E-state index in [1.54, 1.807) is 25.4 Å². The Bertz CT molecular complexity index is 1160. The zero-order chi connectivity index (χ0) is 24.1. The number of carbonyl (C=O) groups is 1. The molecule has 34 heavy (non-hydrogen) atoms. The van der Waals surface area contributed by atoms with Gasteiger partial charge in [-0.2, -0.15) is 0 Å². The molecule has 3 aromatic rings. The minimum Gasteiger partial charge on any atom is -0.383 e. The monoisotopic (exact) mass is 499 g/mol. The molecule has 0 saturated carbocycles. The molecule has 0 radical (unpaired) electrons. The predicted octanol–water partition coefficient (Wildman–Crippen LogP) is 3.94. The first kappa shape index (κ1) is 24.2. The van der Waals surface area contributed by atoms with Crippen molar-refractivity contribution in [3.05, 3.63) is 77.3 Å². The van der Waals surface area contributed by atoms with Crippen LogP contribution < -0.4 is 15.5 Å². The summed E-state index contributed by atoms with van der Waals surface area (Å²) < 4.78 is 12.3. The molecule has 2 N–H and O–H groups in total. The highest BCUT2D eigenvalue weighted by Gasteiger charge is 2.42. The van der Waals surface area contributed by atoms with Crippen LogP contribution in [0.3, 0.4) is 0 Å². The maximum absolute atomic E-state index is 11.9. The summed E-state index contributed by atoms with van der Waals surface area (Å²) in [5.74, 6) is -0.278. The van der Waals surface area contributed by atoms with E-state index in [9.17, 15) is 4.79 Å². The summed E-state index contributed by atoms with van der Waals surface area (Å²) in [7, 11) is 3.15. The molecule has 1 aliphatic heterocycles. The normalized spacial score (nSPS) is 17.6. The number of hydrogen-bond donors (Lipinski definition) is 2. The summed E-state index contributed by atoms with van der Waals surface area (Å²) in [6.45, 7) is 1.24. The number of pyridine rings is 1. The number of amides is 1. The minimum atomic E-state index is -0.278. The van der Waals surface area contributed by atoms with Crippen molar-refractivity contribution in [3.8, 4) is 0 Å². The maximum atomic E-state index is 11.9. The van der Waals surface area contributed by atoms with Crippen molar-refractivity contribution in [1.29, 1.82) is 0 Å². The van der Waals surface area contributed by atoms with Crippen molar-refractivity contribution in [3.63, 3.8) is 0 Å². The van der Waals surface area contributed by atoms with Crippen LogP contribution in [0.2, 0.25) is 5.02 Å². The average molecular weight is 500 g/mol. The largest absolute Gasteiger partial charge is 0.383 e. The number of aromatic nitrogens is 2. The number of halogens is 1. The van der Waals surface area contributed by atoms with Gasteiger partial charge in [-0.05, 0) is 54.7 Å². The summed E-state index contributed by atoms with van der Waals surface area (Å²) >= 11 is 12.3. The lowest BCUT2D eigenvalue weighted by molar-refractivity contribution is -0.119.